The van der Waals surface area contributed by atoms with Gasteiger partial charge in [0.15, 0.2) is 11.9 Å². The standard InChI is InChI=1S/C28H24Cl6O5/c1-2-28(38-14-18-5-8-21(31)11-24(18)34)26(37-13-17-4-7-20(30)10-23(17)33)25(39-27(28)35)15-36-12-16-3-6-19(29)9-22(16)32/h2-11,25-27,35H,1,12-15H2/t25-,26-,27?,28-/m1/s1. The first-order valence-electron chi connectivity index (χ1n) is 11.7. The van der Waals surface area contributed by atoms with Crippen LogP contribution in [0.3, 0.4) is 0 Å². The first-order valence-corrected chi connectivity index (χ1v) is 14.0. The van der Waals surface area contributed by atoms with E-state index in [2.05, 4.69) is 6.58 Å². The van der Waals surface area contributed by atoms with Crippen molar-refractivity contribution in [3.8, 4) is 0 Å². The van der Waals surface area contributed by atoms with Crippen molar-refractivity contribution in [1.82, 2.24) is 0 Å². The Morgan fingerprint density at radius 2 is 1.26 bits per heavy atom. The molecule has 0 bridgehead atoms. The largest absolute Gasteiger partial charge is 0.374 e. The van der Waals surface area contributed by atoms with E-state index in [1.54, 1.807) is 54.6 Å². The lowest BCUT2D eigenvalue weighted by atomic mass is 9.94. The number of hydrogen-bond acceptors (Lipinski definition) is 5. The molecule has 1 N–H and O–H groups in total. The minimum absolute atomic E-state index is 0.0258. The van der Waals surface area contributed by atoms with Crippen LogP contribution in [0.5, 0.6) is 0 Å². The maximum Gasteiger partial charge on any atom is 0.191 e. The lowest BCUT2D eigenvalue weighted by Gasteiger charge is -2.34. The maximum absolute atomic E-state index is 11.1. The molecule has 1 heterocycles. The monoisotopic (exact) mass is 650 g/mol. The molecule has 5 nitrogen and oxygen atoms in total. The van der Waals surface area contributed by atoms with Gasteiger partial charge >= 0.3 is 0 Å². The molecule has 1 saturated heterocycles. The zero-order valence-electron chi connectivity index (χ0n) is 20.4. The molecule has 0 amide bonds. The Morgan fingerprint density at radius 1 is 0.769 bits per heavy atom. The average molecular weight is 653 g/mol. The van der Waals surface area contributed by atoms with Gasteiger partial charge in [0.05, 0.1) is 26.4 Å². The molecule has 1 aliphatic heterocycles. The lowest BCUT2D eigenvalue weighted by Crippen LogP contribution is -2.50. The molecule has 1 aliphatic rings. The fraction of sp³-hybridized carbons (Fsp3) is 0.286. The molecule has 3 aromatic carbocycles. The summed E-state index contributed by atoms with van der Waals surface area (Å²) in [6, 6.07) is 15.3. The van der Waals surface area contributed by atoms with E-state index in [4.69, 9.17) is 88.6 Å². The van der Waals surface area contributed by atoms with E-state index < -0.39 is 24.1 Å². The van der Waals surface area contributed by atoms with Gasteiger partial charge in [-0.05, 0) is 53.1 Å². The summed E-state index contributed by atoms with van der Waals surface area (Å²) in [5.74, 6) is 0. The minimum Gasteiger partial charge on any atom is -0.374 e. The smallest absolute Gasteiger partial charge is 0.191 e. The second-order valence-electron chi connectivity index (χ2n) is 8.83. The van der Waals surface area contributed by atoms with Gasteiger partial charge < -0.3 is 24.1 Å². The van der Waals surface area contributed by atoms with Crippen molar-refractivity contribution in [2.75, 3.05) is 6.61 Å². The quantitative estimate of drug-likeness (QED) is 0.210. The zero-order valence-corrected chi connectivity index (χ0v) is 24.9. The van der Waals surface area contributed by atoms with Crippen molar-refractivity contribution in [2.45, 2.75) is 43.9 Å². The van der Waals surface area contributed by atoms with Crippen LogP contribution in [0.25, 0.3) is 0 Å². The first kappa shape index (κ1) is 30.9. The van der Waals surface area contributed by atoms with Gasteiger partial charge in [-0.2, -0.15) is 0 Å². The van der Waals surface area contributed by atoms with Gasteiger partial charge in [0.1, 0.15) is 12.2 Å². The number of benzene rings is 3. The van der Waals surface area contributed by atoms with E-state index in [-0.39, 0.29) is 26.4 Å². The fourth-order valence-electron chi connectivity index (χ4n) is 4.15. The van der Waals surface area contributed by atoms with Crippen LogP contribution in [-0.2, 0) is 38.8 Å². The van der Waals surface area contributed by atoms with E-state index >= 15 is 0 Å². The molecule has 4 rings (SSSR count). The number of hydrogen-bond donors (Lipinski definition) is 1. The molecule has 11 heteroatoms. The van der Waals surface area contributed by atoms with Crippen LogP contribution in [0.1, 0.15) is 16.7 Å². The highest BCUT2D eigenvalue weighted by molar-refractivity contribution is 6.36. The molecule has 0 aromatic heterocycles. The Labute approximate surface area is 257 Å². The third kappa shape index (κ3) is 7.42. The highest BCUT2D eigenvalue weighted by atomic mass is 35.5. The molecule has 1 fully saturated rings. The van der Waals surface area contributed by atoms with Crippen molar-refractivity contribution in [3.05, 3.63) is 114 Å². The Morgan fingerprint density at radius 3 is 1.74 bits per heavy atom. The van der Waals surface area contributed by atoms with Gasteiger partial charge in [0.2, 0.25) is 0 Å². The Bertz CT molecular complexity index is 1320. The second-order valence-corrected chi connectivity index (χ2v) is 11.4. The molecular formula is C28H24Cl6O5. The van der Waals surface area contributed by atoms with Crippen LogP contribution in [0, 0.1) is 0 Å². The topological polar surface area (TPSA) is 57.2 Å². The van der Waals surface area contributed by atoms with E-state index in [9.17, 15) is 5.11 Å². The second kappa shape index (κ2) is 13.7. The number of ether oxygens (including phenoxy) is 4. The highest BCUT2D eigenvalue weighted by Gasteiger charge is 2.57. The third-order valence-electron chi connectivity index (χ3n) is 6.27. The van der Waals surface area contributed by atoms with Gasteiger partial charge in [-0.15, -0.1) is 0 Å². The van der Waals surface area contributed by atoms with Crippen LogP contribution in [0.4, 0.5) is 0 Å². The molecule has 4 atom stereocenters. The Balaban J connectivity index is 1.55. The van der Waals surface area contributed by atoms with Gasteiger partial charge in [-0.3, -0.25) is 0 Å². The molecule has 3 aromatic rings. The molecule has 39 heavy (non-hydrogen) atoms. The predicted molar refractivity (Wildman–Crippen MR) is 156 cm³/mol. The number of aliphatic hydroxyl groups is 1. The molecule has 0 saturated carbocycles. The highest BCUT2D eigenvalue weighted by Crippen LogP contribution is 2.39. The van der Waals surface area contributed by atoms with Gasteiger partial charge in [-0.25, -0.2) is 0 Å². The summed E-state index contributed by atoms with van der Waals surface area (Å²) in [6.07, 6.45) is -1.54. The normalized spacial score (nSPS) is 22.8. The SMILES string of the molecule is C=C[C@]1(OCc2ccc(Cl)cc2Cl)C(O)O[C@H](COCc2ccc(Cl)cc2Cl)[C@H]1OCc1ccc(Cl)cc1Cl. The Kier molecular flexibility index (Phi) is 10.9. The van der Waals surface area contributed by atoms with E-state index in [1.807, 2.05) is 0 Å². The predicted octanol–water partition coefficient (Wildman–Crippen LogP) is 8.57. The summed E-state index contributed by atoms with van der Waals surface area (Å²) >= 11 is 37.0. The third-order valence-corrected chi connectivity index (χ3v) is 8.03. The van der Waals surface area contributed by atoms with Crippen LogP contribution in [0.2, 0.25) is 30.1 Å². The summed E-state index contributed by atoms with van der Waals surface area (Å²) in [5.41, 5.74) is 0.627. The lowest BCUT2D eigenvalue weighted by molar-refractivity contribution is -0.189. The number of rotatable bonds is 11. The minimum atomic E-state index is -1.46. The zero-order chi connectivity index (χ0) is 28.2. The summed E-state index contributed by atoms with van der Waals surface area (Å²) in [4.78, 5) is 0. The molecule has 1 unspecified atom stereocenters. The molecule has 208 valence electrons. The average Bonchev–Trinajstić information content (AvgIpc) is 3.14. The van der Waals surface area contributed by atoms with Crippen molar-refractivity contribution in [3.63, 3.8) is 0 Å². The number of halogens is 6. The summed E-state index contributed by atoms with van der Waals surface area (Å²) in [5, 5.41) is 13.9. The summed E-state index contributed by atoms with van der Waals surface area (Å²) < 4.78 is 24.3. The summed E-state index contributed by atoms with van der Waals surface area (Å²) in [6.45, 7) is 4.26. The molecular weight excluding hydrogens is 629 g/mol. The van der Waals surface area contributed by atoms with Gasteiger partial charge in [-0.1, -0.05) is 100 Å². The van der Waals surface area contributed by atoms with Crippen molar-refractivity contribution in [2.24, 2.45) is 0 Å². The van der Waals surface area contributed by atoms with Crippen molar-refractivity contribution in [1.29, 1.82) is 0 Å². The summed E-state index contributed by atoms with van der Waals surface area (Å²) in [7, 11) is 0. The molecule has 0 aliphatic carbocycles. The first-order chi connectivity index (χ1) is 18.6. The molecule has 0 spiro atoms. The number of aliphatic hydroxyl groups excluding tert-OH is 1. The van der Waals surface area contributed by atoms with Crippen molar-refractivity contribution < 1.29 is 24.1 Å². The van der Waals surface area contributed by atoms with E-state index in [0.717, 1.165) is 5.56 Å². The van der Waals surface area contributed by atoms with Crippen LogP contribution in [-0.4, -0.2) is 35.8 Å². The van der Waals surface area contributed by atoms with Crippen LogP contribution >= 0.6 is 69.6 Å². The van der Waals surface area contributed by atoms with Crippen molar-refractivity contribution >= 4 is 69.6 Å². The van der Waals surface area contributed by atoms with E-state index in [1.165, 1.54) is 6.08 Å². The van der Waals surface area contributed by atoms with Crippen LogP contribution in [0.15, 0.2) is 67.3 Å². The fourth-order valence-corrected chi connectivity index (χ4v) is 5.54. The Hall–Kier alpha value is -1.06. The molecule has 0 radical (unpaired) electrons. The maximum atomic E-state index is 11.1. The van der Waals surface area contributed by atoms with E-state index in [0.29, 0.717) is 41.3 Å². The van der Waals surface area contributed by atoms with Crippen LogP contribution < -0.4 is 0 Å². The van der Waals surface area contributed by atoms with Gasteiger partial charge in [0, 0.05) is 30.1 Å². The van der Waals surface area contributed by atoms with Gasteiger partial charge in [0.25, 0.3) is 0 Å².